The number of nitrogens with one attached hydrogen (secondary N) is 2. The number of nitrogens with zero attached hydrogens (tertiary/aromatic N) is 1. The van der Waals surface area contributed by atoms with Crippen LogP contribution < -0.4 is 10.9 Å². The van der Waals surface area contributed by atoms with Crippen LogP contribution in [0, 0.1) is 13.8 Å². The number of hydrogen-bond acceptors (Lipinski definition) is 4. The lowest BCUT2D eigenvalue weighted by Crippen LogP contribution is -2.29. The second-order valence-corrected chi connectivity index (χ2v) is 5.47. The van der Waals surface area contributed by atoms with Crippen LogP contribution in [0.2, 0.25) is 0 Å². The number of aromatic nitrogens is 2. The minimum atomic E-state index is -0.434. The van der Waals surface area contributed by atoms with Gasteiger partial charge in [0.15, 0.2) is 0 Å². The number of aryl methyl sites for hydroxylation is 2. The summed E-state index contributed by atoms with van der Waals surface area (Å²) < 4.78 is 5.05. The molecular formula is C18H17N3O3. The van der Waals surface area contributed by atoms with Gasteiger partial charge in [0.05, 0.1) is 5.69 Å². The van der Waals surface area contributed by atoms with Crippen molar-refractivity contribution >= 4 is 5.91 Å². The number of H-pyrrole nitrogens is 1. The smallest absolute Gasteiger partial charge is 0.261 e. The Morgan fingerprint density at radius 2 is 1.92 bits per heavy atom. The molecule has 0 saturated heterocycles. The predicted octanol–water partition coefficient (Wildman–Crippen LogP) is 2.58. The van der Waals surface area contributed by atoms with Crippen LogP contribution in [-0.2, 0) is 6.54 Å². The van der Waals surface area contributed by atoms with Crippen LogP contribution in [0.3, 0.4) is 0 Å². The summed E-state index contributed by atoms with van der Waals surface area (Å²) in [5.41, 5.74) is 2.75. The van der Waals surface area contributed by atoms with E-state index < -0.39 is 11.5 Å². The number of hydrogen-bond donors (Lipinski definition) is 2. The van der Waals surface area contributed by atoms with Crippen molar-refractivity contribution in [3.63, 3.8) is 0 Å². The quantitative estimate of drug-likeness (QED) is 0.772. The van der Waals surface area contributed by atoms with E-state index in [0.717, 1.165) is 16.8 Å². The Hall–Kier alpha value is -3.15. The van der Waals surface area contributed by atoms with E-state index in [1.54, 1.807) is 19.9 Å². The molecule has 6 nitrogen and oxygen atoms in total. The van der Waals surface area contributed by atoms with Gasteiger partial charge < -0.3 is 14.8 Å². The Labute approximate surface area is 138 Å². The molecule has 2 heterocycles. The summed E-state index contributed by atoms with van der Waals surface area (Å²) in [5.74, 6) is 0.219. The van der Waals surface area contributed by atoms with E-state index >= 15 is 0 Å². The molecule has 1 amide bonds. The second-order valence-electron chi connectivity index (χ2n) is 5.47. The van der Waals surface area contributed by atoms with Crippen LogP contribution in [0.5, 0.6) is 0 Å². The lowest BCUT2D eigenvalue weighted by atomic mass is 10.1. The summed E-state index contributed by atoms with van der Waals surface area (Å²) in [5, 5.41) is 6.56. The lowest BCUT2D eigenvalue weighted by molar-refractivity contribution is 0.0949. The zero-order valence-corrected chi connectivity index (χ0v) is 13.4. The molecule has 0 unspecified atom stereocenters. The van der Waals surface area contributed by atoms with Crippen LogP contribution in [0.15, 0.2) is 51.8 Å². The molecule has 6 heteroatoms. The molecule has 0 aliphatic carbocycles. The van der Waals surface area contributed by atoms with Gasteiger partial charge in [0.2, 0.25) is 0 Å². The van der Waals surface area contributed by atoms with Gasteiger partial charge in [-0.2, -0.15) is 0 Å². The standard InChI is InChI=1S/C18H17N3O3/c1-11-15(12(2)24-21-11)10-19-17(22)14-8-9-16(20-18(14)23)13-6-4-3-5-7-13/h3-9H,10H2,1-2H3,(H,19,22)(H,20,23). The van der Waals surface area contributed by atoms with Crippen molar-refractivity contribution in [2.75, 3.05) is 0 Å². The fourth-order valence-corrected chi connectivity index (χ4v) is 2.46. The molecule has 0 atom stereocenters. The summed E-state index contributed by atoms with van der Waals surface area (Å²) in [7, 11) is 0. The van der Waals surface area contributed by atoms with Crippen molar-refractivity contribution in [2.45, 2.75) is 20.4 Å². The maximum atomic E-state index is 12.2. The monoisotopic (exact) mass is 323 g/mol. The van der Waals surface area contributed by atoms with E-state index in [1.807, 2.05) is 30.3 Å². The Morgan fingerprint density at radius 3 is 2.54 bits per heavy atom. The first-order valence-electron chi connectivity index (χ1n) is 7.55. The summed E-state index contributed by atoms with van der Waals surface area (Å²) in [6.07, 6.45) is 0. The zero-order chi connectivity index (χ0) is 17.1. The van der Waals surface area contributed by atoms with Gasteiger partial charge in [0, 0.05) is 17.8 Å². The van der Waals surface area contributed by atoms with Crippen LogP contribution >= 0.6 is 0 Å². The van der Waals surface area contributed by atoms with Crippen molar-refractivity contribution in [1.29, 1.82) is 0 Å². The number of benzene rings is 1. The largest absolute Gasteiger partial charge is 0.361 e. The number of carbonyl (C=O) groups excluding carboxylic acids is 1. The van der Waals surface area contributed by atoms with Gasteiger partial charge in [0.25, 0.3) is 11.5 Å². The number of carbonyl (C=O) groups is 1. The van der Waals surface area contributed by atoms with Crippen LogP contribution in [0.4, 0.5) is 0 Å². The summed E-state index contributed by atoms with van der Waals surface area (Å²) in [6, 6.07) is 12.7. The van der Waals surface area contributed by atoms with Gasteiger partial charge in [-0.15, -0.1) is 0 Å². The second kappa shape index (κ2) is 6.54. The average Bonchev–Trinajstić information content (AvgIpc) is 2.91. The van der Waals surface area contributed by atoms with E-state index in [1.165, 1.54) is 6.07 Å². The van der Waals surface area contributed by atoms with Gasteiger partial charge in [-0.1, -0.05) is 35.5 Å². The molecule has 0 aliphatic rings. The third-order valence-corrected chi connectivity index (χ3v) is 3.85. The summed E-state index contributed by atoms with van der Waals surface area (Å²) in [6.45, 7) is 3.85. The van der Waals surface area contributed by atoms with Crippen LogP contribution in [0.25, 0.3) is 11.3 Å². The molecule has 3 rings (SSSR count). The van der Waals surface area contributed by atoms with Crippen molar-refractivity contribution in [2.24, 2.45) is 0 Å². The van der Waals surface area contributed by atoms with Crippen molar-refractivity contribution in [1.82, 2.24) is 15.5 Å². The molecule has 2 N–H and O–H groups in total. The predicted molar refractivity (Wildman–Crippen MR) is 89.6 cm³/mol. The minimum absolute atomic E-state index is 0.0708. The molecule has 2 aromatic heterocycles. The van der Waals surface area contributed by atoms with Gasteiger partial charge in [-0.25, -0.2) is 0 Å². The Kier molecular flexibility index (Phi) is 4.29. The van der Waals surface area contributed by atoms with Crippen molar-refractivity contribution < 1.29 is 9.32 Å². The molecular weight excluding hydrogens is 306 g/mol. The first kappa shape index (κ1) is 15.7. The maximum Gasteiger partial charge on any atom is 0.261 e. The molecule has 0 fully saturated rings. The summed E-state index contributed by atoms with van der Waals surface area (Å²) >= 11 is 0. The highest BCUT2D eigenvalue weighted by molar-refractivity contribution is 5.94. The summed E-state index contributed by atoms with van der Waals surface area (Å²) in [4.78, 5) is 27.2. The fourth-order valence-electron chi connectivity index (χ4n) is 2.46. The Morgan fingerprint density at radius 1 is 1.17 bits per heavy atom. The highest BCUT2D eigenvalue weighted by Crippen LogP contribution is 2.15. The first-order valence-corrected chi connectivity index (χ1v) is 7.55. The third kappa shape index (κ3) is 3.12. The molecule has 0 spiro atoms. The van der Waals surface area contributed by atoms with E-state index in [0.29, 0.717) is 11.5 Å². The normalized spacial score (nSPS) is 10.6. The average molecular weight is 323 g/mol. The molecule has 1 aromatic carbocycles. The maximum absolute atomic E-state index is 12.2. The zero-order valence-electron chi connectivity index (χ0n) is 13.4. The fraction of sp³-hybridized carbons (Fsp3) is 0.167. The minimum Gasteiger partial charge on any atom is -0.361 e. The SMILES string of the molecule is Cc1noc(C)c1CNC(=O)c1ccc(-c2ccccc2)[nH]c1=O. The first-order chi connectivity index (χ1) is 11.6. The lowest BCUT2D eigenvalue weighted by Gasteiger charge is -2.06. The molecule has 0 aliphatic heterocycles. The van der Waals surface area contributed by atoms with Crippen molar-refractivity contribution in [3.8, 4) is 11.3 Å². The van der Waals surface area contributed by atoms with Gasteiger partial charge in [0.1, 0.15) is 11.3 Å². The van der Waals surface area contributed by atoms with Crippen LogP contribution in [-0.4, -0.2) is 16.0 Å². The number of pyridine rings is 1. The van der Waals surface area contributed by atoms with E-state index in [-0.39, 0.29) is 12.1 Å². The highest BCUT2D eigenvalue weighted by atomic mass is 16.5. The van der Waals surface area contributed by atoms with Crippen molar-refractivity contribution in [3.05, 3.63) is 75.4 Å². The molecule has 0 saturated carbocycles. The molecule has 3 aromatic rings. The highest BCUT2D eigenvalue weighted by Gasteiger charge is 2.14. The Balaban J connectivity index is 1.77. The van der Waals surface area contributed by atoms with Gasteiger partial charge in [-0.3, -0.25) is 9.59 Å². The number of amides is 1. The molecule has 0 bridgehead atoms. The third-order valence-electron chi connectivity index (χ3n) is 3.85. The topological polar surface area (TPSA) is 88.0 Å². The van der Waals surface area contributed by atoms with E-state index in [4.69, 9.17) is 4.52 Å². The Bertz CT molecular complexity index is 907. The molecule has 122 valence electrons. The molecule has 0 radical (unpaired) electrons. The van der Waals surface area contributed by atoms with E-state index in [2.05, 4.69) is 15.5 Å². The van der Waals surface area contributed by atoms with E-state index in [9.17, 15) is 9.59 Å². The number of aromatic amines is 1. The van der Waals surface area contributed by atoms with Gasteiger partial charge in [-0.05, 0) is 31.5 Å². The van der Waals surface area contributed by atoms with Crippen LogP contribution in [0.1, 0.15) is 27.4 Å². The molecule has 24 heavy (non-hydrogen) atoms. The van der Waals surface area contributed by atoms with Gasteiger partial charge >= 0.3 is 0 Å². The number of rotatable bonds is 4.